The van der Waals surface area contributed by atoms with Crippen LogP contribution in [-0.4, -0.2) is 96.4 Å². The highest BCUT2D eigenvalue weighted by molar-refractivity contribution is 6.33. The molecule has 3 fully saturated rings. The number of rotatable bonds is 4. The van der Waals surface area contributed by atoms with E-state index in [1.807, 2.05) is 4.90 Å². The van der Waals surface area contributed by atoms with Gasteiger partial charge in [0.05, 0.1) is 17.1 Å². The van der Waals surface area contributed by atoms with Crippen LogP contribution in [0, 0.1) is 5.82 Å². The van der Waals surface area contributed by atoms with Crippen molar-refractivity contribution in [1.82, 2.24) is 19.6 Å². The Morgan fingerprint density at radius 1 is 0.966 bits per heavy atom. The topological polar surface area (TPSA) is 47.1 Å². The zero-order chi connectivity index (χ0) is 20.4. The Kier molecular flexibility index (Phi) is 6.37. The standard InChI is InChI=1S/C21H28ClFN4O2/c22-17-5-2-6-18(23)20(17)21(29)27-9-7-24(8-10-27)15-19(28)26-13-11-25(12-14-26)16-3-1-4-16/h2,5-6,16H,1,3-4,7-15H2. The molecule has 4 rings (SSSR count). The second-order valence-corrected chi connectivity index (χ2v) is 8.57. The number of hydrogen-bond donors (Lipinski definition) is 0. The first-order chi connectivity index (χ1) is 14.0. The van der Waals surface area contributed by atoms with Gasteiger partial charge in [-0.2, -0.15) is 0 Å². The molecular formula is C21H28ClFN4O2. The minimum absolute atomic E-state index is 0.0666. The molecular weight excluding hydrogens is 395 g/mol. The molecule has 2 saturated heterocycles. The molecule has 1 aliphatic carbocycles. The van der Waals surface area contributed by atoms with E-state index in [4.69, 9.17) is 11.6 Å². The van der Waals surface area contributed by atoms with Crippen LogP contribution in [0.4, 0.5) is 4.39 Å². The van der Waals surface area contributed by atoms with Gasteiger partial charge in [-0.05, 0) is 25.0 Å². The third-order valence-corrected chi connectivity index (χ3v) is 6.77. The highest BCUT2D eigenvalue weighted by Gasteiger charge is 2.31. The molecule has 158 valence electrons. The van der Waals surface area contributed by atoms with Crippen LogP contribution in [0.25, 0.3) is 0 Å². The Morgan fingerprint density at radius 2 is 1.62 bits per heavy atom. The van der Waals surface area contributed by atoms with Gasteiger partial charge in [-0.15, -0.1) is 0 Å². The lowest BCUT2D eigenvalue weighted by molar-refractivity contribution is -0.135. The Bertz CT molecular complexity index is 737. The van der Waals surface area contributed by atoms with Crippen LogP contribution in [0.3, 0.4) is 0 Å². The van der Waals surface area contributed by atoms with Crippen molar-refractivity contribution in [2.45, 2.75) is 25.3 Å². The van der Waals surface area contributed by atoms with Crippen LogP contribution in [0.2, 0.25) is 5.02 Å². The van der Waals surface area contributed by atoms with Crippen LogP contribution in [0.15, 0.2) is 18.2 Å². The second-order valence-electron chi connectivity index (χ2n) is 8.17. The van der Waals surface area contributed by atoms with Gasteiger partial charge in [0, 0.05) is 58.4 Å². The molecule has 0 spiro atoms. The van der Waals surface area contributed by atoms with Crippen molar-refractivity contribution in [3.05, 3.63) is 34.6 Å². The molecule has 1 saturated carbocycles. The van der Waals surface area contributed by atoms with E-state index < -0.39 is 5.82 Å². The van der Waals surface area contributed by atoms with Crippen LogP contribution in [0.5, 0.6) is 0 Å². The average Bonchev–Trinajstić information content (AvgIpc) is 2.67. The van der Waals surface area contributed by atoms with E-state index in [1.54, 1.807) is 4.90 Å². The number of nitrogens with zero attached hydrogens (tertiary/aromatic N) is 4. The monoisotopic (exact) mass is 422 g/mol. The SMILES string of the molecule is O=C(CN1CCN(C(=O)c2c(F)cccc2Cl)CC1)N1CCN(C2CCC2)CC1. The van der Waals surface area contributed by atoms with Crippen molar-refractivity contribution in [2.75, 3.05) is 58.9 Å². The van der Waals surface area contributed by atoms with E-state index in [9.17, 15) is 14.0 Å². The molecule has 0 radical (unpaired) electrons. The zero-order valence-corrected chi connectivity index (χ0v) is 17.4. The minimum atomic E-state index is -0.596. The first kappa shape index (κ1) is 20.6. The summed E-state index contributed by atoms with van der Waals surface area (Å²) in [6.45, 7) is 6.07. The quantitative estimate of drug-likeness (QED) is 0.744. The lowest BCUT2D eigenvalue weighted by Gasteiger charge is -2.43. The summed E-state index contributed by atoms with van der Waals surface area (Å²) in [7, 11) is 0. The zero-order valence-electron chi connectivity index (χ0n) is 16.7. The van der Waals surface area contributed by atoms with Gasteiger partial charge in [-0.3, -0.25) is 19.4 Å². The van der Waals surface area contributed by atoms with Gasteiger partial charge in [-0.25, -0.2) is 4.39 Å². The summed E-state index contributed by atoms with van der Waals surface area (Å²) < 4.78 is 14.0. The molecule has 0 unspecified atom stereocenters. The van der Waals surface area contributed by atoms with Gasteiger partial charge in [0.2, 0.25) is 5.91 Å². The largest absolute Gasteiger partial charge is 0.339 e. The molecule has 0 atom stereocenters. The van der Waals surface area contributed by atoms with Gasteiger partial charge < -0.3 is 9.80 Å². The molecule has 2 aliphatic heterocycles. The maximum atomic E-state index is 14.0. The van der Waals surface area contributed by atoms with E-state index >= 15 is 0 Å². The van der Waals surface area contributed by atoms with Crippen molar-refractivity contribution in [2.24, 2.45) is 0 Å². The number of hydrogen-bond acceptors (Lipinski definition) is 4. The summed E-state index contributed by atoms with van der Waals surface area (Å²) in [6.07, 6.45) is 3.94. The molecule has 6 nitrogen and oxygen atoms in total. The van der Waals surface area contributed by atoms with Crippen LogP contribution >= 0.6 is 11.6 Å². The van der Waals surface area contributed by atoms with Crippen molar-refractivity contribution < 1.29 is 14.0 Å². The number of amides is 2. The highest BCUT2D eigenvalue weighted by Crippen LogP contribution is 2.25. The molecule has 2 heterocycles. The lowest BCUT2D eigenvalue weighted by Crippen LogP contribution is -2.56. The molecule has 0 N–H and O–H groups in total. The smallest absolute Gasteiger partial charge is 0.258 e. The fourth-order valence-corrected chi connectivity index (χ4v) is 4.59. The maximum absolute atomic E-state index is 14.0. The molecule has 2 amide bonds. The van der Waals surface area contributed by atoms with Crippen molar-refractivity contribution in [1.29, 1.82) is 0 Å². The van der Waals surface area contributed by atoms with Crippen LogP contribution in [0.1, 0.15) is 29.6 Å². The van der Waals surface area contributed by atoms with Gasteiger partial charge in [0.25, 0.3) is 5.91 Å². The summed E-state index contributed by atoms with van der Waals surface area (Å²) in [5.41, 5.74) is -0.0666. The Labute approximate surface area is 176 Å². The number of halogens is 2. The van der Waals surface area contributed by atoms with Crippen molar-refractivity contribution >= 4 is 23.4 Å². The Hall–Kier alpha value is -1.70. The summed E-state index contributed by atoms with van der Waals surface area (Å²) >= 11 is 6.02. The van der Waals surface area contributed by atoms with Gasteiger partial charge in [0.15, 0.2) is 0 Å². The first-order valence-electron chi connectivity index (χ1n) is 10.5. The molecule has 0 bridgehead atoms. The summed E-state index contributed by atoms with van der Waals surface area (Å²) in [4.78, 5) is 33.5. The summed E-state index contributed by atoms with van der Waals surface area (Å²) in [5, 5.41) is 0.133. The van der Waals surface area contributed by atoms with E-state index in [-0.39, 0.29) is 22.4 Å². The Balaban J connectivity index is 1.23. The highest BCUT2D eigenvalue weighted by atomic mass is 35.5. The van der Waals surface area contributed by atoms with Crippen LogP contribution in [-0.2, 0) is 4.79 Å². The predicted octanol–water partition coefficient (Wildman–Crippen LogP) is 1.93. The summed E-state index contributed by atoms with van der Waals surface area (Å²) in [5.74, 6) is -0.817. The third kappa shape index (κ3) is 4.57. The number of carbonyl (C=O) groups excluding carboxylic acids is 2. The Morgan fingerprint density at radius 3 is 2.21 bits per heavy atom. The minimum Gasteiger partial charge on any atom is -0.339 e. The number of carbonyl (C=O) groups is 2. The average molecular weight is 423 g/mol. The molecule has 1 aromatic rings. The number of benzene rings is 1. The van der Waals surface area contributed by atoms with E-state index in [2.05, 4.69) is 9.80 Å². The molecule has 8 heteroatoms. The summed E-state index contributed by atoms with van der Waals surface area (Å²) in [6, 6.07) is 5.00. The fraction of sp³-hybridized carbons (Fsp3) is 0.619. The first-order valence-corrected chi connectivity index (χ1v) is 10.9. The molecule has 1 aromatic carbocycles. The van der Waals surface area contributed by atoms with Gasteiger partial charge >= 0.3 is 0 Å². The number of piperazine rings is 2. The van der Waals surface area contributed by atoms with Gasteiger partial charge in [0.1, 0.15) is 5.82 Å². The van der Waals surface area contributed by atoms with E-state index in [0.717, 1.165) is 32.2 Å². The van der Waals surface area contributed by atoms with E-state index in [1.165, 1.54) is 37.5 Å². The molecule has 29 heavy (non-hydrogen) atoms. The second kappa shape index (κ2) is 8.98. The maximum Gasteiger partial charge on any atom is 0.258 e. The fourth-order valence-electron chi connectivity index (χ4n) is 4.35. The normalized spacial score (nSPS) is 21.9. The lowest BCUT2D eigenvalue weighted by atomic mass is 9.91. The molecule has 3 aliphatic rings. The third-order valence-electron chi connectivity index (χ3n) is 6.45. The van der Waals surface area contributed by atoms with Crippen molar-refractivity contribution in [3.8, 4) is 0 Å². The van der Waals surface area contributed by atoms with Crippen LogP contribution < -0.4 is 0 Å². The predicted molar refractivity (Wildman–Crippen MR) is 110 cm³/mol. The van der Waals surface area contributed by atoms with E-state index in [0.29, 0.717) is 32.7 Å². The van der Waals surface area contributed by atoms with Crippen molar-refractivity contribution in [3.63, 3.8) is 0 Å². The van der Waals surface area contributed by atoms with Gasteiger partial charge in [-0.1, -0.05) is 24.1 Å². The molecule has 0 aromatic heterocycles.